The molecule has 0 radical (unpaired) electrons. The van der Waals surface area contributed by atoms with E-state index in [1.165, 1.54) is 10.5 Å². The van der Waals surface area contributed by atoms with Crippen LogP contribution in [0.3, 0.4) is 0 Å². The second-order valence-electron chi connectivity index (χ2n) is 8.44. The predicted molar refractivity (Wildman–Crippen MR) is 116 cm³/mol. The molecule has 162 valence electrons. The first-order valence-electron chi connectivity index (χ1n) is 11.0. The predicted octanol–water partition coefficient (Wildman–Crippen LogP) is 0.531. The molecule has 7 heteroatoms. The number of para-hydroxylation sites is 3. The van der Waals surface area contributed by atoms with Crippen LogP contribution in [-0.2, 0) is 16.0 Å². The van der Waals surface area contributed by atoms with Crippen LogP contribution < -0.4 is 19.3 Å². The Balaban J connectivity index is 1.17. The molecule has 2 atom stereocenters. The Labute approximate surface area is 182 Å². The normalized spacial score (nSPS) is 21.5. The van der Waals surface area contributed by atoms with Gasteiger partial charge in [-0.05, 0) is 37.1 Å². The number of piperazine rings is 1. The highest BCUT2D eigenvalue weighted by molar-refractivity contribution is 5.98. The lowest BCUT2D eigenvalue weighted by Crippen LogP contribution is -3.19. The molecule has 1 N–H and O–H groups in total. The summed E-state index contributed by atoms with van der Waals surface area (Å²) in [5.74, 6) is 1.42. The molecule has 3 heterocycles. The zero-order valence-electron chi connectivity index (χ0n) is 17.8. The van der Waals surface area contributed by atoms with Gasteiger partial charge < -0.3 is 24.2 Å². The number of carbonyl (C=O) groups is 2. The van der Waals surface area contributed by atoms with Gasteiger partial charge in [0.2, 0.25) is 6.10 Å². The van der Waals surface area contributed by atoms with Gasteiger partial charge in [0.15, 0.2) is 17.5 Å². The lowest BCUT2D eigenvalue weighted by molar-refractivity contribution is -0.917. The lowest BCUT2D eigenvalue weighted by Gasteiger charge is -2.37. The number of quaternary nitrogens is 1. The smallest absolute Gasteiger partial charge is 0.284 e. The zero-order valence-corrected chi connectivity index (χ0v) is 17.8. The molecule has 0 aromatic heterocycles. The quantitative estimate of drug-likeness (QED) is 0.784. The number of amides is 2. The molecule has 0 saturated carbocycles. The average Bonchev–Trinajstić information content (AvgIpc) is 3.26. The van der Waals surface area contributed by atoms with Crippen LogP contribution in [-0.4, -0.2) is 68.2 Å². The van der Waals surface area contributed by atoms with Crippen molar-refractivity contribution in [1.29, 1.82) is 0 Å². The van der Waals surface area contributed by atoms with Crippen LogP contribution in [0.25, 0.3) is 0 Å². The Kier molecular flexibility index (Phi) is 5.28. The number of fused-ring (bicyclic) bond motifs is 2. The molecule has 0 aliphatic carbocycles. The summed E-state index contributed by atoms with van der Waals surface area (Å²) in [4.78, 5) is 31.1. The molecule has 2 amide bonds. The highest BCUT2D eigenvalue weighted by atomic mass is 16.6. The largest absolute Gasteiger partial charge is 0.485 e. The minimum atomic E-state index is -0.614. The molecule has 31 heavy (non-hydrogen) atoms. The van der Waals surface area contributed by atoms with Crippen LogP contribution in [0, 0.1) is 0 Å². The van der Waals surface area contributed by atoms with E-state index >= 15 is 0 Å². The van der Waals surface area contributed by atoms with E-state index in [0.29, 0.717) is 24.6 Å². The Morgan fingerprint density at radius 3 is 2.52 bits per heavy atom. The third-order valence-corrected chi connectivity index (χ3v) is 6.64. The number of benzene rings is 2. The van der Waals surface area contributed by atoms with Gasteiger partial charge in [-0.25, -0.2) is 0 Å². The van der Waals surface area contributed by atoms with Gasteiger partial charge in [-0.1, -0.05) is 30.3 Å². The van der Waals surface area contributed by atoms with Crippen molar-refractivity contribution >= 4 is 17.5 Å². The standard InChI is InChI=1S/C24H27N3O4/c1-17(23(28)27-11-10-18-6-2-3-7-19(18)27)25-12-14-26(15-13-25)24(29)22-16-30-20-8-4-5-9-21(20)31-22/h2-9,17,22H,10-16H2,1H3/p+1/t17-,22+/m1/s1. The number of anilines is 1. The van der Waals surface area contributed by atoms with E-state index in [9.17, 15) is 9.59 Å². The minimum Gasteiger partial charge on any atom is -0.485 e. The monoisotopic (exact) mass is 422 g/mol. The molecule has 3 aliphatic heterocycles. The second-order valence-corrected chi connectivity index (χ2v) is 8.44. The second kappa shape index (κ2) is 8.23. The van der Waals surface area contributed by atoms with E-state index in [1.54, 1.807) is 0 Å². The number of hydrogen-bond acceptors (Lipinski definition) is 4. The lowest BCUT2D eigenvalue weighted by atomic mass is 10.1. The SMILES string of the molecule is C[C@H](C(=O)N1CCc2ccccc21)[NH+]1CCN(C(=O)[C@@H]2COc3ccccc3O2)CC1. The van der Waals surface area contributed by atoms with Crippen molar-refractivity contribution in [1.82, 2.24) is 4.90 Å². The number of nitrogens with one attached hydrogen (secondary N) is 1. The van der Waals surface area contributed by atoms with Gasteiger partial charge in [-0.3, -0.25) is 9.59 Å². The van der Waals surface area contributed by atoms with Gasteiger partial charge >= 0.3 is 0 Å². The molecule has 5 rings (SSSR count). The third kappa shape index (κ3) is 3.74. The molecule has 0 unspecified atom stereocenters. The molecule has 2 aromatic carbocycles. The summed E-state index contributed by atoms with van der Waals surface area (Å²) in [7, 11) is 0. The Bertz CT molecular complexity index is 986. The van der Waals surface area contributed by atoms with Crippen LogP contribution in [0.5, 0.6) is 11.5 Å². The Hall–Kier alpha value is -3.06. The fraction of sp³-hybridized carbons (Fsp3) is 0.417. The van der Waals surface area contributed by atoms with E-state index in [4.69, 9.17) is 9.47 Å². The van der Waals surface area contributed by atoms with Gasteiger partial charge in [0.25, 0.3) is 11.8 Å². The molecule has 0 bridgehead atoms. The zero-order chi connectivity index (χ0) is 21.4. The average molecular weight is 423 g/mol. The summed E-state index contributed by atoms with van der Waals surface area (Å²) < 4.78 is 11.6. The van der Waals surface area contributed by atoms with Crippen molar-refractivity contribution in [3.63, 3.8) is 0 Å². The van der Waals surface area contributed by atoms with Crippen LogP contribution in [0.2, 0.25) is 0 Å². The summed E-state index contributed by atoms with van der Waals surface area (Å²) in [5, 5.41) is 0. The molecular weight excluding hydrogens is 394 g/mol. The Morgan fingerprint density at radius 1 is 1.00 bits per heavy atom. The van der Waals surface area contributed by atoms with Crippen LogP contribution in [0.4, 0.5) is 5.69 Å². The maximum Gasteiger partial charge on any atom is 0.284 e. The molecule has 1 saturated heterocycles. The van der Waals surface area contributed by atoms with Gasteiger partial charge in [-0.15, -0.1) is 0 Å². The van der Waals surface area contributed by atoms with Crippen molar-refractivity contribution in [2.24, 2.45) is 0 Å². The first kappa shape index (κ1) is 19.9. The molecule has 1 fully saturated rings. The van der Waals surface area contributed by atoms with Crippen LogP contribution in [0.1, 0.15) is 12.5 Å². The number of rotatable bonds is 3. The summed E-state index contributed by atoms with van der Waals surface area (Å²) >= 11 is 0. The number of hydrogen-bond donors (Lipinski definition) is 1. The van der Waals surface area contributed by atoms with Crippen molar-refractivity contribution < 1.29 is 24.0 Å². The summed E-state index contributed by atoms with van der Waals surface area (Å²) in [6, 6.07) is 15.4. The van der Waals surface area contributed by atoms with Crippen molar-refractivity contribution in [2.75, 3.05) is 44.2 Å². The third-order valence-electron chi connectivity index (χ3n) is 6.64. The van der Waals surface area contributed by atoms with E-state index < -0.39 is 6.10 Å². The topological polar surface area (TPSA) is 63.5 Å². The van der Waals surface area contributed by atoms with Crippen LogP contribution >= 0.6 is 0 Å². The van der Waals surface area contributed by atoms with Gasteiger partial charge in [-0.2, -0.15) is 0 Å². The number of ether oxygens (including phenoxy) is 2. The van der Waals surface area contributed by atoms with E-state index in [0.717, 1.165) is 31.7 Å². The van der Waals surface area contributed by atoms with Crippen LogP contribution in [0.15, 0.2) is 48.5 Å². The maximum absolute atomic E-state index is 13.2. The highest BCUT2D eigenvalue weighted by Gasteiger charge is 2.38. The number of carbonyl (C=O) groups excluding carboxylic acids is 2. The molecule has 3 aliphatic rings. The summed E-state index contributed by atoms with van der Waals surface area (Å²) in [6.07, 6.45) is 0.301. The molecular formula is C24H28N3O4+. The van der Waals surface area contributed by atoms with Gasteiger partial charge in [0.05, 0.1) is 26.2 Å². The number of nitrogens with zero attached hydrogens (tertiary/aromatic N) is 2. The molecule has 7 nitrogen and oxygen atoms in total. The minimum absolute atomic E-state index is 0.0407. The van der Waals surface area contributed by atoms with Crippen molar-refractivity contribution in [3.05, 3.63) is 54.1 Å². The first-order valence-corrected chi connectivity index (χ1v) is 11.0. The summed E-state index contributed by atoms with van der Waals surface area (Å²) in [5.41, 5.74) is 2.28. The Morgan fingerprint density at radius 2 is 1.71 bits per heavy atom. The van der Waals surface area contributed by atoms with Gasteiger partial charge in [0.1, 0.15) is 6.61 Å². The van der Waals surface area contributed by atoms with E-state index in [1.807, 2.05) is 59.2 Å². The van der Waals surface area contributed by atoms with E-state index in [2.05, 4.69) is 6.07 Å². The van der Waals surface area contributed by atoms with Crippen molar-refractivity contribution in [2.45, 2.75) is 25.5 Å². The maximum atomic E-state index is 13.2. The fourth-order valence-corrected chi connectivity index (χ4v) is 4.77. The molecule has 2 aromatic rings. The van der Waals surface area contributed by atoms with Crippen molar-refractivity contribution in [3.8, 4) is 11.5 Å². The summed E-state index contributed by atoms with van der Waals surface area (Å²) in [6.45, 7) is 5.71. The molecule has 0 spiro atoms. The van der Waals surface area contributed by atoms with E-state index in [-0.39, 0.29) is 24.5 Å². The first-order chi connectivity index (χ1) is 15.1. The fourth-order valence-electron chi connectivity index (χ4n) is 4.77. The van der Waals surface area contributed by atoms with Gasteiger partial charge in [0, 0.05) is 12.2 Å². The highest BCUT2D eigenvalue weighted by Crippen LogP contribution is 2.31.